The molecule has 8 heteroatoms. The zero-order valence-corrected chi connectivity index (χ0v) is 13.7. The van der Waals surface area contributed by atoms with Crippen LogP contribution in [0.2, 0.25) is 0 Å². The lowest BCUT2D eigenvalue weighted by atomic mass is 10.1. The lowest BCUT2D eigenvalue weighted by Gasteiger charge is -2.14. The fourth-order valence-corrected chi connectivity index (χ4v) is 2.92. The molecule has 2 aromatic carbocycles. The predicted molar refractivity (Wildman–Crippen MR) is 97.5 cm³/mol. The highest BCUT2D eigenvalue weighted by molar-refractivity contribution is 6.11. The number of nitrogens with zero attached hydrogens (tertiary/aromatic N) is 2. The van der Waals surface area contributed by atoms with Crippen LogP contribution in [-0.4, -0.2) is 35.2 Å². The number of rotatable bonds is 3. The highest BCUT2D eigenvalue weighted by Gasteiger charge is 2.21. The smallest absolute Gasteiger partial charge is 0.321 e. The molecule has 0 spiro atoms. The quantitative estimate of drug-likeness (QED) is 0.669. The molecule has 26 heavy (non-hydrogen) atoms. The van der Waals surface area contributed by atoms with Crippen LogP contribution in [0.1, 0.15) is 10.5 Å². The lowest BCUT2D eigenvalue weighted by Crippen LogP contribution is -2.27. The number of amides is 3. The van der Waals surface area contributed by atoms with Crippen molar-refractivity contribution < 1.29 is 9.59 Å². The third kappa shape index (κ3) is 2.77. The molecule has 3 N–H and O–H groups in total. The Morgan fingerprint density at radius 1 is 1.04 bits per heavy atom. The SMILES string of the molecule is O=C(Nc1ccc(N2CCNC2=O)cc1)c1n[nH]c(=O)c2ccccc12. The van der Waals surface area contributed by atoms with Crippen LogP contribution < -0.4 is 21.1 Å². The summed E-state index contributed by atoms with van der Waals surface area (Å²) >= 11 is 0. The molecule has 130 valence electrons. The second-order valence-corrected chi connectivity index (χ2v) is 5.83. The normalized spacial score (nSPS) is 13.7. The maximum atomic E-state index is 12.6. The summed E-state index contributed by atoms with van der Waals surface area (Å²) in [7, 11) is 0. The molecule has 0 radical (unpaired) electrons. The third-order valence-corrected chi connectivity index (χ3v) is 4.20. The van der Waals surface area contributed by atoms with Gasteiger partial charge in [0.25, 0.3) is 11.5 Å². The van der Waals surface area contributed by atoms with Crippen molar-refractivity contribution in [1.82, 2.24) is 15.5 Å². The molecule has 4 rings (SSSR count). The maximum Gasteiger partial charge on any atom is 0.321 e. The topological polar surface area (TPSA) is 107 Å². The van der Waals surface area contributed by atoms with Crippen LogP contribution in [0.3, 0.4) is 0 Å². The van der Waals surface area contributed by atoms with Gasteiger partial charge in [-0.25, -0.2) is 9.89 Å². The first-order chi connectivity index (χ1) is 12.6. The fourth-order valence-electron chi connectivity index (χ4n) is 2.92. The molecule has 0 bridgehead atoms. The van der Waals surface area contributed by atoms with Gasteiger partial charge in [-0.15, -0.1) is 0 Å². The summed E-state index contributed by atoms with van der Waals surface area (Å²) in [6.07, 6.45) is 0. The van der Waals surface area contributed by atoms with Crippen molar-refractivity contribution in [3.05, 3.63) is 64.6 Å². The number of hydrogen-bond donors (Lipinski definition) is 3. The van der Waals surface area contributed by atoms with Crippen LogP contribution in [0, 0.1) is 0 Å². The van der Waals surface area contributed by atoms with E-state index in [0.29, 0.717) is 29.5 Å². The van der Waals surface area contributed by atoms with E-state index in [9.17, 15) is 14.4 Å². The van der Waals surface area contributed by atoms with E-state index in [4.69, 9.17) is 0 Å². The van der Waals surface area contributed by atoms with Gasteiger partial charge in [0, 0.05) is 29.9 Å². The molecule has 0 aliphatic carbocycles. The average Bonchev–Trinajstić information content (AvgIpc) is 3.09. The second kappa shape index (κ2) is 6.32. The van der Waals surface area contributed by atoms with Crippen molar-refractivity contribution >= 4 is 34.1 Å². The zero-order valence-electron chi connectivity index (χ0n) is 13.7. The van der Waals surface area contributed by atoms with Crippen molar-refractivity contribution in [2.75, 3.05) is 23.3 Å². The van der Waals surface area contributed by atoms with E-state index >= 15 is 0 Å². The molecule has 1 aliphatic heterocycles. The molecule has 2 heterocycles. The number of urea groups is 1. The first kappa shape index (κ1) is 15.8. The second-order valence-electron chi connectivity index (χ2n) is 5.83. The Hall–Kier alpha value is -3.68. The summed E-state index contributed by atoms with van der Waals surface area (Å²) in [6, 6.07) is 13.6. The fraction of sp³-hybridized carbons (Fsp3) is 0.111. The molecular weight excluding hydrogens is 334 g/mol. The monoisotopic (exact) mass is 349 g/mol. The number of benzene rings is 2. The molecule has 1 saturated heterocycles. The summed E-state index contributed by atoms with van der Waals surface area (Å²) in [5.41, 5.74) is 1.12. The maximum absolute atomic E-state index is 12.6. The first-order valence-electron chi connectivity index (χ1n) is 8.08. The van der Waals surface area contributed by atoms with E-state index < -0.39 is 5.91 Å². The van der Waals surface area contributed by atoms with Gasteiger partial charge in [-0.2, -0.15) is 5.10 Å². The number of aromatic amines is 1. The number of carbonyl (C=O) groups is 2. The predicted octanol–water partition coefficient (Wildman–Crippen LogP) is 1.70. The van der Waals surface area contributed by atoms with Gasteiger partial charge in [-0.3, -0.25) is 14.5 Å². The number of aromatic nitrogens is 2. The Balaban J connectivity index is 1.58. The molecule has 3 aromatic rings. The van der Waals surface area contributed by atoms with E-state index in [1.165, 1.54) is 0 Å². The van der Waals surface area contributed by atoms with Crippen molar-refractivity contribution in [3.8, 4) is 0 Å². The molecule has 0 atom stereocenters. The van der Waals surface area contributed by atoms with E-state index in [0.717, 1.165) is 5.69 Å². The van der Waals surface area contributed by atoms with Crippen LogP contribution in [0.4, 0.5) is 16.2 Å². The number of carbonyl (C=O) groups excluding carboxylic acids is 2. The number of fused-ring (bicyclic) bond motifs is 1. The zero-order chi connectivity index (χ0) is 18.1. The van der Waals surface area contributed by atoms with Gasteiger partial charge in [0.15, 0.2) is 5.69 Å². The van der Waals surface area contributed by atoms with Gasteiger partial charge >= 0.3 is 6.03 Å². The third-order valence-electron chi connectivity index (χ3n) is 4.20. The molecule has 0 saturated carbocycles. The Morgan fingerprint density at radius 3 is 2.46 bits per heavy atom. The highest BCUT2D eigenvalue weighted by Crippen LogP contribution is 2.20. The summed E-state index contributed by atoms with van der Waals surface area (Å²) in [5.74, 6) is -0.427. The average molecular weight is 349 g/mol. The van der Waals surface area contributed by atoms with Gasteiger partial charge in [-0.05, 0) is 30.3 Å². The van der Waals surface area contributed by atoms with Crippen LogP contribution >= 0.6 is 0 Å². The standard InChI is InChI=1S/C18H15N5O3/c24-16-14-4-2-1-3-13(14)15(21-22-16)17(25)20-11-5-7-12(8-6-11)23-10-9-19-18(23)26/h1-8H,9-10H2,(H,19,26)(H,20,25)(H,22,24). The van der Waals surface area contributed by atoms with Gasteiger partial charge in [0.05, 0.1) is 5.39 Å². The molecule has 1 aliphatic rings. The number of anilines is 2. The summed E-state index contributed by atoms with van der Waals surface area (Å²) in [6.45, 7) is 1.22. The van der Waals surface area contributed by atoms with Gasteiger partial charge in [0.2, 0.25) is 0 Å². The van der Waals surface area contributed by atoms with Crippen LogP contribution in [0.25, 0.3) is 10.8 Å². The van der Waals surface area contributed by atoms with Crippen LogP contribution in [0.5, 0.6) is 0 Å². The summed E-state index contributed by atoms with van der Waals surface area (Å²) in [4.78, 5) is 37.7. The van der Waals surface area contributed by atoms with Gasteiger partial charge in [0.1, 0.15) is 0 Å². The number of H-pyrrole nitrogens is 1. The molecular formula is C18H15N5O3. The molecule has 0 unspecified atom stereocenters. The minimum absolute atomic E-state index is 0.134. The van der Waals surface area contributed by atoms with Crippen molar-refractivity contribution in [2.24, 2.45) is 0 Å². The van der Waals surface area contributed by atoms with Crippen molar-refractivity contribution in [2.45, 2.75) is 0 Å². The Morgan fingerprint density at radius 2 is 1.77 bits per heavy atom. The van der Waals surface area contributed by atoms with Crippen LogP contribution in [-0.2, 0) is 0 Å². The highest BCUT2D eigenvalue weighted by atomic mass is 16.2. The Kier molecular flexibility index (Phi) is 3.85. The Bertz CT molecular complexity index is 1060. The largest absolute Gasteiger partial charge is 0.336 e. The minimum atomic E-state index is -0.427. The molecule has 3 amide bonds. The van der Waals surface area contributed by atoms with Crippen molar-refractivity contribution in [3.63, 3.8) is 0 Å². The lowest BCUT2D eigenvalue weighted by molar-refractivity contribution is 0.102. The van der Waals surface area contributed by atoms with E-state index in [1.807, 2.05) is 0 Å². The van der Waals surface area contributed by atoms with Gasteiger partial charge in [-0.1, -0.05) is 18.2 Å². The molecule has 1 aromatic heterocycles. The minimum Gasteiger partial charge on any atom is -0.336 e. The summed E-state index contributed by atoms with van der Waals surface area (Å²) < 4.78 is 0. The van der Waals surface area contributed by atoms with Gasteiger partial charge < -0.3 is 10.6 Å². The van der Waals surface area contributed by atoms with E-state index in [2.05, 4.69) is 20.8 Å². The van der Waals surface area contributed by atoms with Crippen LogP contribution in [0.15, 0.2) is 53.3 Å². The summed E-state index contributed by atoms with van der Waals surface area (Å²) in [5, 5.41) is 12.6. The Labute approximate surface area is 147 Å². The van der Waals surface area contributed by atoms with E-state index in [-0.39, 0.29) is 17.3 Å². The molecule has 1 fully saturated rings. The molecule has 8 nitrogen and oxygen atoms in total. The van der Waals surface area contributed by atoms with Crippen molar-refractivity contribution in [1.29, 1.82) is 0 Å². The number of hydrogen-bond acceptors (Lipinski definition) is 4. The van der Waals surface area contributed by atoms with E-state index in [1.54, 1.807) is 53.4 Å². The number of nitrogens with one attached hydrogen (secondary N) is 3. The first-order valence-corrected chi connectivity index (χ1v) is 8.08.